The summed E-state index contributed by atoms with van der Waals surface area (Å²) >= 11 is 6.43. The predicted molar refractivity (Wildman–Crippen MR) is 131 cm³/mol. The molecule has 0 spiro atoms. The molecule has 0 atom stereocenters. The second-order valence-electron chi connectivity index (χ2n) is 9.00. The van der Waals surface area contributed by atoms with Gasteiger partial charge < -0.3 is 9.80 Å². The van der Waals surface area contributed by atoms with E-state index in [9.17, 15) is 9.59 Å². The van der Waals surface area contributed by atoms with Crippen molar-refractivity contribution in [3.63, 3.8) is 0 Å². The fraction of sp³-hybridized carbons (Fsp3) is 0.370. The fourth-order valence-corrected chi connectivity index (χ4v) is 5.26. The molecule has 2 aliphatic rings. The molecule has 0 aliphatic carbocycles. The number of halogens is 1. The van der Waals surface area contributed by atoms with Crippen LogP contribution >= 0.6 is 11.6 Å². The zero-order valence-corrected chi connectivity index (χ0v) is 19.4. The van der Waals surface area contributed by atoms with Crippen molar-refractivity contribution in [2.24, 2.45) is 5.92 Å². The Morgan fingerprint density at radius 3 is 2.30 bits per heavy atom. The molecular formula is C27H28ClN3O2. The Hall–Kier alpha value is -2.92. The monoisotopic (exact) mass is 461 g/mol. The van der Waals surface area contributed by atoms with Crippen molar-refractivity contribution in [2.75, 3.05) is 26.2 Å². The number of amides is 2. The molecule has 0 N–H and O–H groups in total. The fourth-order valence-electron chi connectivity index (χ4n) is 5.03. The summed E-state index contributed by atoms with van der Waals surface area (Å²) < 4.78 is 0. The molecule has 5 nitrogen and oxygen atoms in total. The first-order valence-electron chi connectivity index (χ1n) is 11.8. The number of carbonyl (C=O) groups is 2. The van der Waals surface area contributed by atoms with Crippen LogP contribution in [0.5, 0.6) is 0 Å². The van der Waals surface area contributed by atoms with Gasteiger partial charge in [-0.15, -0.1) is 0 Å². The molecule has 0 radical (unpaired) electrons. The van der Waals surface area contributed by atoms with E-state index in [1.807, 2.05) is 64.4 Å². The summed E-state index contributed by atoms with van der Waals surface area (Å²) in [5, 5.41) is 1.44. The number of hydrogen-bond donors (Lipinski definition) is 0. The Bertz CT molecular complexity index is 1180. The Kier molecular flexibility index (Phi) is 6.32. The zero-order valence-electron chi connectivity index (χ0n) is 18.7. The number of carbonyl (C=O) groups excluding carboxylic acids is 2. The molecule has 0 unspecified atom stereocenters. The summed E-state index contributed by atoms with van der Waals surface area (Å²) in [6.45, 7) is 2.96. The maximum absolute atomic E-state index is 13.6. The van der Waals surface area contributed by atoms with Gasteiger partial charge in [-0.25, -0.2) is 4.98 Å². The van der Waals surface area contributed by atoms with Crippen molar-refractivity contribution in [3.8, 4) is 11.3 Å². The number of likely N-dealkylation sites (tertiary alicyclic amines) is 2. The van der Waals surface area contributed by atoms with Crippen molar-refractivity contribution in [2.45, 2.75) is 32.1 Å². The molecule has 2 fully saturated rings. The van der Waals surface area contributed by atoms with E-state index in [-0.39, 0.29) is 17.7 Å². The molecule has 0 saturated carbocycles. The van der Waals surface area contributed by atoms with Crippen LogP contribution in [0.25, 0.3) is 22.2 Å². The lowest BCUT2D eigenvalue weighted by atomic mass is 9.93. The second-order valence-corrected chi connectivity index (χ2v) is 9.41. The van der Waals surface area contributed by atoms with Crippen LogP contribution in [0.4, 0.5) is 0 Å². The first-order valence-corrected chi connectivity index (χ1v) is 12.2. The van der Waals surface area contributed by atoms with Crippen molar-refractivity contribution < 1.29 is 9.59 Å². The molecule has 2 aromatic carbocycles. The minimum Gasteiger partial charge on any atom is -0.342 e. The summed E-state index contributed by atoms with van der Waals surface area (Å²) in [4.78, 5) is 35.2. The number of fused-ring (bicyclic) bond motifs is 1. The van der Waals surface area contributed by atoms with Gasteiger partial charge in [0.2, 0.25) is 5.91 Å². The number of rotatable bonds is 3. The maximum Gasteiger partial charge on any atom is 0.254 e. The highest BCUT2D eigenvalue weighted by molar-refractivity contribution is 6.33. The van der Waals surface area contributed by atoms with Crippen LogP contribution < -0.4 is 0 Å². The minimum atomic E-state index is -0.00854. The van der Waals surface area contributed by atoms with E-state index >= 15 is 0 Å². The van der Waals surface area contributed by atoms with E-state index in [1.165, 1.54) is 6.42 Å². The van der Waals surface area contributed by atoms with E-state index in [2.05, 4.69) is 0 Å². The number of hydrogen-bond acceptors (Lipinski definition) is 3. The predicted octanol–water partition coefficient (Wildman–Crippen LogP) is 5.42. The summed E-state index contributed by atoms with van der Waals surface area (Å²) in [5.41, 5.74) is 2.91. The Morgan fingerprint density at radius 2 is 1.55 bits per heavy atom. The number of aromatic nitrogens is 1. The molecule has 3 aromatic rings. The van der Waals surface area contributed by atoms with Crippen LogP contribution in [-0.4, -0.2) is 52.8 Å². The van der Waals surface area contributed by atoms with Gasteiger partial charge in [0, 0.05) is 48.1 Å². The van der Waals surface area contributed by atoms with Gasteiger partial charge in [0.15, 0.2) is 0 Å². The maximum atomic E-state index is 13.6. The number of piperidine rings is 2. The molecule has 2 aliphatic heterocycles. The van der Waals surface area contributed by atoms with Crippen LogP contribution in [-0.2, 0) is 4.79 Å². The lowest BCUT2D eigenvalue weighted by Gasteiger charge is -2.35. The molecule has 3 heterocycles. The van der Waals surface area contributed by atoms with Gasteiger partial charge in [-0.1, -0.05) is 48.0 Å². The molecule has 6 heteroatoms. The molecule has 2 saturated heterocycles. The first-order chi connectivity index (χ1) is 16.1. The van der Waals surface area contributed by atoms with Gasteiger partial charge in [-0.3, -0.25) is 9.59 Å². The SMILES string of the molecule is O=C(c1cc(-c2ccccc2Cl)nc2ccccc12)N1CCC(C(=O)N2CCCCC2)CC1. The average Bonchev–Trinajstić information content (AvgIpc) is 2.88. The van der Waals surface area contributed by atoms with Crippen LogP contribution in [0.1, 0.15) is 42.5 Å². The van der Waals surface area contributed by atoms with Crippen LogP contribution in [0.15, 0.2) is 54.6 Å². The average molecular weight is 462 g/mol. The van der Waals surface area contributed by atoms with E-state index in [0.29, 0.717) is 29.4 Å². The third kappa shape index (κ3) is 4.47. The van der Waals surface area contributed by atoms with E-state index in [0.717, 1.165) is 55.2 Å². The van der Waals surface area contributed by atoms with Gasteiger partial charge in [0.1, 0.15) is 0 Å². The Balaban J connectivity index is 1.38. The Labute approximate surface area is 199 Å². The van der Waals surface area contributed by atoms with E-state index < -0.39 is 0 Å². The third-order valence-corrected chi connectivity index (χ3v) is 7.23. The van der Waals surface area contributed by atoms with Gasteiger partial charge in [0.05, 0.1) is 16.8 Å². The highest BCUT2D eigenvalue weighted by Crippen LogP contribution is 2.31. The van der Waals surface area contributed by atoms with Crippen molar-refractivity contribution in [1.82, 2.24) is 14.8 Å². The lowest BCUT2D eigenvalue weighted by molar-refractivity contribution is -0.137. The van der Waals surface area contributed by atoms with Crippen LogP contribution in [0, 0.1) is 5.92 Å². The molecule has 0 bridgehead atoms. The molecule has 2 amide bonds. The van der Waals surface area contributed by atoms with Crippen molar-refractivity contribution >= 4 is 34.3 Å². The van der Waals surface area contributed by atoms with Gasteiger partial charge in [-0.05, 0) is 50.3 Å². The molecular weight excluding hydrogens is 434 g/mol. The van der Waals surface area contributed by atoms with Crippen LogP contribution in [0.3, 0.4) is 0 Å². The normalized spacial score (nSPS) is 17.4. The standard InChI is InChI=1S/C27H28ClN3O2/c28-23-10-4-2-9-21(23)25-18-22(20-8-3-5-11-24(20)29-25)27(33)31-16-12-19(13-17-31)26(32)30-14-6-1-7-15-30/h2-5,8-11,18-19H,1,6-7,12-17H2. The molecule has 1 aromatic heterocycles. The molecule has 5 rings (SSSR count). The highest BCUT2D eigenvalue weighted by atomic mass is 35.5. The number of benzene rings is 2. The topological polar surface area (TPSA) is 53.5 Å². The van der Waals surface area contributed by atoms with Crippen molar-refractivity contribution in [1.29, 1.82) is 0 Å². The second kappa shape index (κ2) is 9.52. The molecule has 33 heavy (non-hydrogen) atoms. The smallest absolute Gasteiger partial charge is 0.254 e. The molecule has 170 valence electrons. The summed E-state index contributed by atoms with van der Waals surface area (Å²) in [6, 6.07) is 17.1. The van der Waals surface area contributed by atoms with Gasteiger partial charge in [-0.2, -0.15) is 0 Å². The zero-order chi connectivity index (χ0) is 22.8. The van der Waals surface area contributed by atoms with Crippen LogP contribution in [0.2, 0.25) is 5.02 Å². The summed E-state index contributed by atoms with van der Waals surface area (Å²) in [6.07, 6.45) is 4.87. The summed E-state index contributed by atoms with van der Waals surface area (Å²) in [5.74, 6) is 0.294. The first kappa shape index (κ1) is 21.9. The third-order valence-electron chi connectivity index (χ3n) is 6.90. The van der Waals surface area contributed by atoms with E-state index in [4.69, 9.17) is 16.6 Å². The summed E-state index contributed by atoms with van der Waals surface area (Å²) in [7, 11) is 0. The van der Waals surface area contributed by atoms with Gasteiger partial charge in [0.25, 0.3) is 5.91 Å². The van der Waals surface area contributed by atoms with E-state index in [1.54, 1.807) is 0 Å². The minimum absolute atomic E-state index is 0.00854. The lowest BCUT2D eigenvalue weighted by Crippen LogP contribution is -2.45. The quantitative estimate of drug-likeness (QED) is 0.523. The highest BCUT2D eigenvalue weighted by Gasteiger charge is 2.31. The number of pyridine rings is 1. The largest absolute Gasteiger partial charge is 0.342 e. The number of nitrogens with zero attached hydrogens (tertiary/aromatic N) is 3. The van der Waals surface area contributed by atoms with Crippen molar-refractivity contribution in [3.05, 3.63) is 65.2 Å². The number of para-hydroxylation sites is 1. The van der Waals surface area contributed by atoms with Gasteiger partial charge >= 0.3 is 0 Å². The Morgan fingerprint density at radius 1 is 0.848 bits per heavy atom.